The molecule has 7 heteroatoms. The number of thiazole rings is 1. The Kier molecular flexibility index (Phi) is 4.54. The number of anilines is 1. The number of carbonyl (C=O) groups is 1. The third-order valence-electron chi connectivity index (χ3n) is 2.90. The van der Waals surface area contributed by atoms with E-state index in [4.69, 9.17) is 0 Å². The molecule has 0 aliphatic heterocycles. The van der Waals surface area contributed by atoms with E-state index in [1.165, 1.54) is 35.6 Å². The Bertz CT molecular complexity index is 625. The number of halogens is 1. The van der Waals surface area contributed by atoms with Gasteiger partial charge in [0.15, 0.2) is 5.13 Å². The van der Waals surface area contributed by atoms with Gasteiger partial charge in [0.25, 0.3) is 0 Å². The molecule has 0 saturated carbocycles. The van der Waals surface area contributed by atoms with Crippen LogP contribution >= 0.6 is 11.3 Å². The summed E-state index contributed by atoms with van der Waals surface area (Å²) < 4.78 is 12.9. The second-order valence-electron chi connectivity index (χ2n) is 4.88. The first-order valence-corrected chi connectivity index (χ1v) is 7.20. The molecule has 0 aliphatic rings. The highest BCUT2D eigenvalue weighted by Crippen LogP contribution is 2.20. The first-order chi connectivity index (χ1) is 9.87. The number of amides is 2. The molecule has 0 radical (unpaired) electrons. The Hall–Kier alpha value is -1.99. The Morgan fingerprint density at radius 1 is 1.43 bits per heavy atom. The molecular formula is C14H16FN3O2S. The average Bonchev–Trinajstić information content (AvgIpc) is 2.82. The fraction of sp³-hybridized carbons (Fsp3) is 0.286. The van der Waals surface area contributed by atoms with Gasteiger partial charge in [-0.2, -0.15) is 0 Å². The van der Waals surface area contributed by atoms with Gasteiger partial charge in [-0.1, -0.05) is 12.1 Å². The van der Waals surface area contributed by atoms with Crippen LogP contribution in [0.3, 0.4) is 0 Å². The lowest BCUT2D eigenvalue weighted by atomic mass is 9.96. The summed E-state index contributed by atoms with van der Waals surface area (Å²) in [5.74, 6) is -0.376. The number of nitrogens with one attached hydrogen (secondary N) is 2. The van der Waals surface area contributed by atoms with Crippen molar-refractivity contribution in [2.24, 2.45) is 0 Å². The molecular weight excluding hydrogens is 293 g/mol. The first kappa shape index (κ1) is 15.4. The van der Waals surface area contributed by atoms with E-state index in [-0.39, 0.29) is 12.4 Å². The molecule has 1 aromatic carbocycles. The molecule has 21 heavy (non-hydrogen) atoms. The number of nitrogens with zero attached hydrogens (tertiary/aromatic N) is 1. The smallest absolute Gasteiger partial charge is 0.321 e. The Labute approximate surface area is 125 Å². The van der Waals surface area contributed by atoms with Gasteiger partial charge in [0.1, 0.15) is 11.4 Å². The van der Waals surface area contributed by atoms with Gasteiger partial charge in [0.05, 0.1) is 12.2 Å². The van der Waals surface area contributed by atoms with Crippen molar-refractivity contribution in [1.29, 1.82) is 0 Å². The third-order valence-corrected chi connectivity index (χ3v) is 3.77. The number of hydrogen-bond donors (Lipinski definition) is 3. The SMILES string of the molecule is Cc1csc(NC(=O)NCC(C)(O)c2ccc(F)cc2)n1. The highest BCUT2D eigenvalue weighted by Gasteiger charge is 2.23. The van der Waals surface area contributed by atoms with Crippen molar-refractivity contribution >= 4 is 22.5 Å². The maximum absolute atomic E-state index is 12.9. The van der Waals surface area contributed by atoms with Crippen LogP contribution in [0.15, 0.2) is 29.6 Å². The zero-order chi connectivity index (χ0) is 15.5. The lowest BCUT2D eigenvalue weighted by Crippen LogP contribution is -2.40. The fourth-order valence-corrected chi connectivity index (χ4v) is 2.40. The van der Waals surface area contributed by atoms with Crippen LogP contribution in [-0.2, 0) is 5.60 Å². The summed E-state index contributed by atoms with van der Waals surface area (Å²) in [5, 5.41) is 17.8. The molecule has 2 amide bonds. The van der Waals surface area contributed by atoms with Crippen LogP contribution < -0.4 is 10.6 Å². The van der Waals surface area contributed by atoms with Gasteiger partial charge in [-0.25, -0.2) is 14.2 Å². The van der Waals surface area contributed by atoms with Gasteiger partial charge in [0.2, 0.25) is 0 Å². The van der Waals surface area contributed by atoms with E-state index in [1.54, 1.807) is 6.92 Å². The summed E-state index contributed by atoms with van der Waals surface area (Å²) in [7, 11) is 0. The first-order valence-electron chi connectivity index (χ1n) is 6.32. The van der Waals surface area contributed by atoms with Crippen LogP contribution in [0.4, 0.5) is 14.3 Å². The summed E-state index contributed by atoms with van der Waals surface area (Å²) in [5.41, 5.74) is 0.0620. The number of carbonyl (C=O) groups excluding carboxylic acids is 1. The monoisotopic (exact) mass is 309 g/mol. The van der Waals surface area contributed by atoms with Crippen LogP contribution in [0.5, 0.6) is 0 Å². The highest BCUT2D eigenvalue weighted by atomic mass is 32.1. The molecule has 1 unspecified atom stereocenters. The van der Waals surface area contributed by atoms with Gasteiger partial charge in [-0.3, -0.25) is 5.32 Å². The van der Waals surface area contributed by atoms with Crippen molar-refractivity contribution in [3.05, 3.63) is 46.7 Å². The van der Waals surface area contributed by atoms with Gasteiger partial charge >= 0.3 is 6.03 Å². The van der Waals surface area contributed by atoms with E-state index < -0.39 is 11.6 Å². The maximum Gasteiger partial charge on any atom is 0.321 e. The summed E-state index contributed by atoms with van der Waals surface area (Å²) in [6.45, 7) is 3.38. The number of benzene rings is 1. The minimum atomic E-state index is -1.29. The number of aryl methyl sites for hydroxylation is 1. The van der Waals surface area contributed by atoms with E-state index in [2.05, 4.69) is 15.6 Å². The number of aromatic nitrogens is 1. The molecule has 2 rings (SSSR count). The van der Waals surface area contributed by atoms with Crippen LogP contribution in [0, 0.1) is 12.7 Å². The summed E-state index contributed by atoms with van der Waals surface area (Å²) in [4.78, 5) is 15.8. The predicted octanol–water partition coefficient (Wildman–Crippen LogP) is 2.62. The highest BCUT2D eigenvalue weighted by molar-refractivity contribution is 7.13. The molecule has 0 bridgehead atoms. The summed E-state index contributed by atoms with van der Waals surface area (Å²) in [6.07, 6.45) is 0. The molecule has 0 spiro atoms. The van der Waals surface area contributed by atoms with Crippen LogP contribution in [0.1, 0.15) is 18.2 Å². The zero-order valence-corrected chi connectivity index (χ0v) is 12.5. The van der Waals surface area contributed by atoms with Crippen molar-refractivity contribution < 1.29 is 14.3 Å². The molecule has 3 N–H and O–H groups in total. The Balaban J connectivity index is 1.91. The topological polar surface area (TPSA) is 74.2 Å². The van der Waals surface area contributed by atoms with Crippen LogP contribution in [0.2, 0.25) is 0 Å². The van der Waals surface area contributed by atoms with E-state index in [0.29, 0.717) is 10.7 Å². The molecule has 0 saturated heterocycles. The zero-order valence-electron chi connectivity index (χ0n) is 11.7. The second kappa shape index (κ2) is 6.19. The standard InChI is InChI=1S/C14H16FN3O2S/c1-9-7-21-13(17-9)18-12(19)16-8-14(2,20)10-3-5-11(15)6-4-10/h3-7,20H,8H2,1-2H3,(H2,16,17,18,19). The maximum atomic E-state index is 12.9. The number of urea groups is 1. The Morgan fingerprint density at radius 3 is 2.67 bits per heavy atom. The van der Waals surface area contributed by atoms with Crippen LogP contribution in [0.25, 0.3) is 0 Å². The molecule has 5 nitrogen and oxygen atoms in total. The van der Waals surface area contributed by atoms with Crippen molar-refractivity contribution in [1.82, 2.24) is 10.3 Å². The van der Waals surface area contributed by atoms with Crippen molar-refractivity contribution in [3.8, 4) is 0 Å². The van der Waals surface area contributed by atoms with Gasteiger partial charge in [0, 0.05) is 5.38 Å². The normalized spacial score (nSPS) is 13.5. The lowest BCUT2D eigenvalue weighted by molar-refractivity contribution is 0.0599. The molecule has 2 aromatic rings. The predicted molar refractivity (Wildman–Crippen MR) is 79.8 cm³/mol. The molecule has 1 heterocycles. The molecule has 1 aromatic heterocycles. The molecule has 1 atom stereocenters. The van der Waals surface area contributed by atoms with Crippen molar-refractivity contribution in [2.45, 2.75) is 19.4 Å². The molecule has 112 valence electrons. The lowest BCUT2D eigenvalue weighted by Gasteiger charge is -2.24. The minimum Gasteiger partial charge on any atom is -0.384 e. The summed E-state index contributed by atoms with van der Waals surface area (Å²) in [6, 6.07) is 5.05. The number of aliphatic hydroxyl groups is 1. The van der Waals surface area contributed by atoms with E-state index in [0.717, 1.165) is 5.69 Å². The third kappa shape index (κ3) is 4.24. The van der Waals surface area contributed by atoms with Gasteiger partial charge < -0.3 is 10.4 Å². The molecule has 0 fully saturated rings. The number of hydrogen-bond acceptors (Lipinski definition) is 4. The fourth-order valence-electron chi connectivity index (χ4n) is 1.72. The average molecular weight is 309 g/mol. The van der Waals surface area contributed by atoms with E-state index >= 15 is 0 Å². The van der Waals surface area contributed by atoms with Crippen molar-refractivity contribution in [3.63, 3.8) is 0 Å². The second-order valence-corrected chi connectivity index (χ2v) is 5.74. The van der Waals surface area contributed by atoms with E-state index in [1.807, 2.05) is 12.3 Å². The summed E-state index contributed by atoms with van der Waals surface area (Å²) >= 11 is 1.32. The van der Waals surface area contributed by atoms with E-state index in [9.17, 15) is 14.3 Å². The van der Waals surface area contributed by atoms with Crippen molar-refractivity contribution in [2.75, 3.05) is 11.9 Å². The molecule has 0 aliphatic carbocycles. The minimum absolute atomic E-state index is 0.00514. The largest absolute Gasteiger partial charge is 0.384 e. The van der Waals surface area contributed by atoms with Gasteiger partial charge in [-0.15, -0.1) is 11.3 Å². The van der Waals surface area contributed by atoms with Crippen LogP contribution in [-0.4, -0.2) is 22.7 Å². The number of rotatable bonds is 4. The quantitative estimate of drug-likeness (QED) is 0.813. The van der Waals surface area contributed by atoms with Gasteiger partial charge in [-0.05, 0) is 31.5 Å². The Morgan fingerprint density at radius 2 is 2.10 bits per heavy atom.